The first-order valence-electron chi connectivity index (χ1n) is 9.62. The third-order valence-corrected chi connectivity index (χ3v) is 4.70. The van der Waals surface area contributed by atoms with Crippen molar-refractivity contribution in [2.75, 3.05) is 65.7 Å². The Morgan fingerprint density at radius 3 is 2.27 bits per heavy atom. The van der Waals surface area contributed by atoms with E-state index >= 15 is 0 Å². The zero-order chi connectivity index (χ0) is 18.8. The summed E-state index contributed by atoms with van der Waals surface area (Å²) in [6, 6.07) is 8.15. The summed E-state index contributed by atoms with van der Waals surface area (Å²) in [7, 11) is 0. The largest absolute Gasteiger partial charge is 0.491 e. The van der Waals surface area contributed by atoms with E-state index in [1.807, 2.05) is 12.1 Å². The molecule has 0 spiro atoms. The molecule has 6 nitrogen and oxygen atoms in total. The summed E-state index contributed by atoms with van der Waals surface area (Å²) in [5.74, 6) is 1.37. The normalized spacial score (nSPS) is 17.6. The number of piperazine rings is 1. The molecule has 1 aliphatic heterocycles. The van der Waals surface area contributed by atoms with E-state index in [-0.39, 0.29) is 6.61 Å². The van der Waals surface area contributed by atoms with Crippen molar-refractivity contribution in [2.45, 2.75) is 25.9 Å². The van der Waals surface area contributed by atoms with Crippen molar-refractivity contribution in [1.29, 1.82) is 0 Å². The van der Waals surface area contributed by atoms with Crippen LogP contribution >= 0.6 is 0 Å². The van der Waals surface area contributed by atoms with E-state index in [0.29, 0.717) is 32.3 Å². The summed E-state index contributed by atoms with van der Waals surface area (Å²) < 4.78 is 11.2. The molecular weight excluding hydrogens is 332 g/mol. The number of nitrogens with zero attached hydrogens (tertiary/aromatic N) is 2. The van der Waals surface area contributed by atoms with E-state index in [4.69, 9.17) is 14.6 Å². The highest BCUT2D eigenvalue weighted by Gasteiger charge is 2.18. The van der Waals surface area contributed by atoms with E-state index < -0.39 is 6.10 Å². The van der Waals surface area contributed by atoms with Crippen LogP contribution in [0.15, 0.2) is 24.3 Å². The van der Waals surface area contributed by atoms with Gasteiger partial charge in [-0.3, -0.25) is 9.80 Å². The first kappa shape index (κ1) is 21.1. The molecule has 0 unspecified atom stereocenters. The van der Waals surface area contributed by atoms with Gasteiger partial charge in [-0.2, -0.15) is 0 Å². The van der Waals surface area contributed by atoms with Gasteiger partial charge in [-0.15, -0.1) is 0 Å². The van der Waals surface area contributed by atoms with Gasteiger partial charge in [0.25, 0.3) is 0 Å². The molecule has 0 amide bonds. The fourth-order valence-electron chi connectivity index (χ4n) is 3.07. The lowest BCUT2D eigenvalue weighted by molar-refractivity contribution is -0.000763. The van der Waals surface area contributed by atoms with E-state index in [0.717, 1.165) is 38.5 Å². The topological polar surface area (TPSA) is 65.4 Å². The van der Waals surface area contributed by atoms with Crippen LogP contribution in [0.3, 0.4) is 0 Å². The lowest BCUT2D eigenvalue weighted by Gasteiger charge is -2.35. The molecule has 6 heteroatoms. The van der Waals surface area contributed by atoms with Crippen molar-refractivity contribution < 1.29 is 19.7 Å². The Kier molecular flexibility index (Phi) is 9.36. The molecule has 0 saturated carbocycles. The van der Waals surface area contributed by atoms with Gasteiger partial charge in [0.2, 0.25) is 0 Å². The molecule has 1 fully saturated rings. The highest BCUT2D eigenvalue weighted by atomic mass is 16.5. The second-order valence-corrected chi connectivity index (χ2v) is 7.17. The van der Waals surface area contributed by atoms with Crippen LogP contribution in [0, 0.1) is 0 Å². The van der Waals surface area contributed by atoms with E-state index in [1.54, 1.807) is 0 Å². The molecule has 148 valence electrons. The van der Waals surface area contributed by atoms with E-state index in [2.05, 4.69) is 35.8 Å². The average Bonchev–Trinajstić information content (AvgIpc) is 2.63. The molecule has 0 aliphatic carbocycles. The number of aliphatic hydroxyl groups is 2. The van der Waals surface area contributed by atoms with Crippen LogP contribution in [0.5, 0.6) is 5.75 Å². The van der Waals surface area contributed by atoms with Gasteiger partial charge in [0.05, 0.1) is 25.9 Å². The van der Waals surface area contributed by atoms with Crippen LogP contribution in [0.1, 0.15) is 25.3 Å². The molecule has 0 aromatic heterocycles. The standard InChI is InChI=1S/C20H34N2O4/c1-17(2)18-3-5-20(6-4-18)26-14-13-25-16-19(24)15-22-9-7-21(8-10-22)11-12-23/h3-6,17,19,23-24H,7-16H2,1-2H3/t19-/m1/s1. The Labute approximate surface area is 157 Å². The molecule has 2 N–H and O–H groups in total. The van der Waals surface area contributed by atoms with Gasteiger partial charge in [0, 0.05) is 39.3 Å². The Morgan fingerprint density at radius 2 is 1.65 bits per heavy atom. The molecule has 2 rings (SSSR count). The molecule has 1 aromatic rings. The Morgan fingerprint density at radius 1 is 1.00 bits per heavy atom. The maximum absolute atomic E-state index is 10.1. The van der Waals surface area contributed by atoms with Gasteiger partial charge in [-0.1, -0.05) is 26.0 Å². The van der Waals surface area contributed by atoms with E-state index in [9.17, 15) is 5.11 Å². The summed E-state index contributed by atoms with van der Waals surface area (Å²) >= 11 is 0. The van der Waals surface area contributed by atoms with Gasteiger partial charge >= 0.3 is 0 Å². The molecule has 1 aliphatic rings. The van der Waals surface area contributed by atoms with Gasteiger partial charge in [0.1, 0.15) is 12.4 Å². The Bertz CT molecular complexity index is 487. The minimum atomic E-state index is -0.482. The van der Waals surface area contributed by atoms with Crippen molar-refractivity contribution in [3.05, 3.63) is 29.8 Å². The molecule has 1 atom stereocenters. The first-order valence-corrected chi connectivity index (χ1v) is 9.62. The third-order valence-electron chi connectivity index (χ3n) is 4.70. The summed E-state index contributed by atoms with van der Waals surface area (Å²) in [5, 5.41) is 19.1. The third kappa shape index (κ3) is 7.60. The SMILES string of the molecule is CC(C)c1ccc(OCCOC[C@H](O)CN2CCN(CCO)CC2)cc1. The fraction of sp³-hybridized carbons (Fsp3) is 0.700. The lowest BCUT2D eigenvalue weighted by atomic mass is 10.0. The highest BCUT2D eigenvalue weighted by molar-refractivity contribution is 5.28. The summed E-state index contributed by atoms with van der Waals surface area (Å²) in [6.07, 6.45) is -0.482. The lowest BCUT2D eigenvalue weighted by Crippen LogP contribution is -2.49. The number of hydrogen-bond acceptors (Lipinski definition) is 6. The van der Waals surface area contributed by atoms with Crippen molar-refractivity contribution in [2.24, 2.45) is 0 Å². The summed E-state index contributed by atoms with van der Waals surface area (Å²) in [4.78, 5) is 4.49. The molecule has 0 bridgehead atoms. The molecule has 1 heterocycles. The van der Waals surface area contributed by atoms with Crippen LogP contribution in [0.25, 0.3) is 0 Å². The van der Waals surface area contributed by atoms with Crippen LogP contribution in [0.4, 0.5) is 0 Å². The first-order chi connectivity index (χ1) is 12.6. The number of hydrogen-bond donors (Lipinski definition) is 2. The number of rotatable bonds is 11. The quantitative estimate of drug-likeness (QED) is 0.574. The van der Waals surface area contributed by atoms with Crippen LogP contribution in [0.2, 0.25) is 0 Å². The number of ether oxygens (including phenoxy) is 2. The second-order valence-electron chi connectivity index (χ2n) is 7.17. The van der Waals surface area contributed by atoms with Crippen LogP contribution in [-0.4, -0.2) is 91.8 Å². The van der Waals surface area contributed by atoms with Crippen molar-refractivity contribution in [3.63, 3.8) is 0 Å². The Balaban J connectivity index is 1.53. The highest BCUT2D eigenvalue weighted by Crippen LogP contribution is 2.18. The van der Waals surface area contributed by atoms with Gasteiger partial charge in [-0.05, 0) is 23.6 Å². The predicted octanol–water partition coefficient (Wildman–Crippen LogP) is 1.18. The summed E-state index contributed by atoms with van der Waals surface area (Å²) in [5.41, 5.74) is 1.30. The predicted molar refractivity (Wildman–Crippen MR) is 103 cm³/mol. The zero-order valence-electron chi connectivity index (χ0n) is 16.1. The maximum atomic E-state index is 10.1. The monoisotopic (exact) mass is 366 g/mol. The zero-order valence-corrected chi connectivity index (χ0v) is 16.1. The molecule has 1 saturated heterocycles. The van der Waals surface area contributed by atoms with E-state index in [1.165, 1.54) is 5.56 Å². The number of aliphatic hydroxyl groups excluding tert-OH is 2. The van der Waals surface area contributed by atoms with Crippen molar-refractivity contribution in [3.8, 4) is 5.75 Å². The summed E-state index contributed by atoms with van der Waals surface area (Å²) in [6.45, 7) is 10.9. The minimum absolute atomic E-state index is 0.209. The molecular formula is C20H34N2O4. The van der Waals surface area contributed by atoms with Gasteiger partial charge in [-0.25, -0.2) is 0 Å². The average molecular weight is 367 g/mol. The van der Waals surface area contributed by atoms with Gasteiger partial charge < -0.3 is 19.7 Å². The number of β-amino-alcohol motifs (C(OH)–C–C–N with tert-alkyl or cyclic N) is 2. The smallest absolute Gasteiger partial charge is 0.119 e. The second kappa shape index (κ2) is 11.5. The van der Waals surface area contributed by atoms with Crippen LogP contribution < -0.4 is 4.74 Å². The van der Waals surface area contributed by atoms with Crippen molar-refractivity contribution in [1.82, 2.24) is 9.80 Å². The Hall–Kier alpha value is -1.18. The van der Waals surface area contributed by atoms with Gasteiger partial charge in [0.15, 0.2) is 0 Å². The maximum Gasteiger partial charge on any atom is 0.119 e. The molecule has 26 heavy (non-hydrogen) atoms. The van der Waals surface area contributed by atoms with Crippen molar-refractivity contribution >= 4 is 0 Å². The molecule has 1 aromatic carbocycles. The molecule has 0 radical (unpaired) electrons. The minimum Gasteiger partial charge on any atom is -0.491 e. The fourth-order valence-corrected chi connectivity index (χ4v) is 3.07. The number of benzene rings is 1. The van der Waals surface area contributed by atoms with Crippen LogP contribution in [-0.2, 0) is 4.74 Å².